The van der Waals surface area contributed by atoms with E-state index in [1.54, 1.807) is 6.07 Å². The van der Waals surface area contributed by atoms with Gasteiger partial charge in [0.15, 0.2) is 11.5 Å². The molecule has 1 unspecified atom stereocenters. The second kappa shape index (κ2) is 6.64. The molecule has 0 aromatic heterocycles. The minimum absolute atomic E-state index is 0.00909. The average molecular weight is 315 g/mol. The minimum atomic E-state index is -3.71. The summed E-state index contributed by atoms with van der Waals surface area (Å²) < 4.78 is 38.2. The van der Waals surface area contributed by atoms with Crippen molar-refractivity contribution < 1.29 is 23.0 Å². The molecule has 1 aliphatic heterocycles. The Morgan fingerprint density at radius 2 is 1.90 bits per heavy atom. The fourth-order valence-corrected chi connectivity index (χ4v) is 3.35. The topological polar surface area (TPSA) is 84.9 Å². The molecule has 1 aromatic carbocycles. The number of sulfonamides is 1. The van der Waals surface area contributed by atoms with E-state index >= 15 is 0 Å². The molecule has 1 aliphatic rings. The van der Waals surface area contributed by atoms with E-state index in [9.17, 15) is 13.5 Å². The molecule has 6 nitrogen and oxygen atoms in total. The van der Waals surface area contributed by atoms with Crippen molar-refractivity contribution >= 4 is 10.0 Å². The molecule has 0 amide bonds. The monoisotopic (exact) mass is 315 g/mol. The first kappa shape index (κ1) is 16.1. The predicted octanol–water partition coefficient (Wildman–Crippen LogP) is 1.14. The number of ether oxygens (including phenoxy) is 2. The number of nitrogens with one attached hydrogen (secondary N) is 1. The van der Waals surface area contributed by atoms with Gasteiger partial charge in [-0.15, -0.1) is 0 Å². The van der Waals surface area contributed by atoms with Crippen molar-refractivity contribution in [2.45, 2.75) is 31.2 Å². The summed E-state index contributed by atoms with van der Waals surface area (Å²) >= 11 is 0. The molecule has 0 saturated carbocycles. The number of fused-ring (bicyclic) bond motifs is 1. The zero-order valence-corrected chi connectivity index (χ0v) is 13.0. The van der Waals surface area contributed by atoms with Gasteiger partial charge in [0, 0.05) is 18.5 Å². The highest BCUT2D eigenvalue weighted by atomic mass is 32.2. The Balaban J connectivity index is 2.26. The number of hydrogen-bond acceptors (Lipinski definition) is 5. The lowest BCUT2D eigenvalue weighted by Gasteiger charge is -2.20. The molecule has 1 atom stereocenters. The summed E-state index contributed by atoms with van der Waals surface area (Å²) in [4.78, 5) is 0.103. The summed E-state index contributed by atoms with van der Waals surface area (Å²) in [7, 11) is -3.71. The van der Waals surface area contributed by atoms with Crippen molar-refractivity contribution in [3.8, 4) is 11.5 Å². The van der Waals surface area contributed by atoms with Crippen molar-refractivity contribution in [2.75, 3.05) is 19.8 Å². The Labute approximate surface area is 125 Å². The Bertz CT molecular complexity index is 585. The first-order valence-electron chi connectivity index (χ1n) is 6.97. The molecule has 0 bridgehead atoms. The Morgan fingerprint density at radius 1 is 1.24 bits per heavy atom. The molecule has 2 rings (SSSR count). The molecular formula is C14H21NO5S. The van der Waals surface area contributed by atoms with E-state index < -0.39 is 16.1 Å². The van der Waals surface area contributed by atoms with E-state index in [1.807, 2.05) is 13.8 Å². The Morgan fingerprint density at radius 3 is 2.52 bits per heavy atom. The van der Waals surface area contributed by atoms with E-state index in [-0.39, 0.29) is 17.4 Å². The van der Waals surface area contributed by atoms with E-state index in [4.69, 9.17) is 9.47 Å². The molecule has 0 spiro atoms. The van der Waals surface area contributed by atoms with Gasteiger partial charge in [0.25, 0.3) is 0 Å². The fourth-order valence-electron chi connectivity index (χ4n) is 1.96. The summed E-state index contributed by atoms with van der Waals surface area (Å²) in [5, 5.41) is 9.26. The summed E-state index contributed by atoms with van der Waals surface area (Å²) in [6.07, 6.45) is 0.759. The highest BCUT2D eigenvalue weighted by Crippen LogP contribution is 2.31. The molecule has 0 saturated heterocycles. The van der Waals surface area contributed by atoms with Crippen molar-refractivity contribution in [1.82, 2.24) is 4.72 Å². The van der Waals surface area contributed by atoms with Crippen LogP contribution in [-0.4, -0.2) is 39.4 Å². The highest BCUT2D eigenvalue weighted by molar-refractivity contribution is 7.89. The van der Waals surface area contributed by atoms with Crippen molar-refractivity contribution in [3.63, 3.8) is 0 Å². The Hall–Kier alpha value is -1.31. The van der Waals surface area contributed by atoms with Crippen LogP contribution in [0, 0.1) is 5.92 Å². The number of aliphatic hydroxyl groups excluding tert-OH is 1. The van der Waals surface area contributed by atoms with E-state index in [1.165, 1.54) is 12.1 Å². The summed E-state index contributed by atoms with van der Waals surface area (Å²) in [5.74, 6) is 0.972. The van der Waals surface area contributed by atoms with Crippen LogP contribution in [0.25, 0.3) is 0 Å². The van der Waals surface area contributed by atoms with Gasteiger partial charge in [-0.3, -0.25) is 0 Å². The van der Waals surface area contributed by atoms with Crippen LogP contribution in [0.5, 0.6) is 11.5 Å². The second-order valence-corrected chi connectivity index (χ2v) is 7.03. The molecule has 0 aliphatic carbocycles. The maximum absolute atomic E-state index is 12.4. The quantitative estimate of drug-likeness (QED) is 0.851. The molecule has 0 fully saturated rings. The second-order valence-electron chi connectivity index (χ2n) is 5.31. The lowest BCUT2D eigenvalue weighted by Crippen LogP contribution is -2.41. The van der Waals surface area contributed by atoms with E-state index in [0.717, 1.165) is 6.42 Å². The first-order valence-corrected chi connectivity index (χ1v) is 8.45. The maximum Gasteiger partial charge on any atom is 0.241 e. The third-order valence-electron chi connectivity index (χ3n) is 3.34. The van der Waals surface area contributed by atoms with Gasteiger partial charge < -0.3 is 14.6 Å². The minimum Gasteiger partial charge on any atom is -0.490 e. The SMILES string of the molecule is CC(C)C(CO)NS(=O)(=O)c1ccc2c(c1)OCCCO2. The highest BCUT2D eigenvalue weighted by Gasteiger charge is 2.23. The molecular weight excluding hydrogens is 294 g/mol. The van der Waals surface area contributed by atoms with Gasteiger partial charge in [0.05, 0.1) is 24.7 Å². The zero-order chi connectivity index (χ0) is 15.5. The number of hydrogen-bond donors (Lipinski definition) is 2. The fraction of sp³-hybridized carbons (Fsp3) is 0.571. The van der Waals surface area contributed by atoms with Crippen LogP contribution in [-0.2, 0) is 10.0 Å². The van der Waals surface area contributed by atoms with Crippen molar-refractivity contribution in [2.24, 2.45) is 5.92 Å². The van der Waals surface area contributed by atoms with Crippen LogP contribution in [0.4, 0.5) is 0 Å². The zero-order valence-electron chi connectivity index (χ0n) is 12.2. The standard InChI is InChI=1S/C14H21NO5S/c1-10(2)12(9-16)15-21(17,18)11-4-5-13-14(8-11)20-7-3-6-19-13/h4-5,8,10,12,15-16H,3,6-7,9H2,1-2H3. The number of benzene rings is 1. The third-order valence-corrected chi connectivity index (χ3v) is 4.82. The lowest BCUT2D eigenvalue weighted by molar-refractivity contribution is 0.227. The first-order chi connectivity index (χ1) is 9.94. The number of aliphatic hydroxyl groups is 1. The van der Waals surface area contributed by atoms with Gasteiger partial charge in [0.2, 0.25) is 10.0 Å². The van der Waals surface area contributed by atoms with Crippen molar-refractivity contribution in [3.05, 3.63) is 18.2 Å². The summed E-state index contributed by atoms with van der Waals surface area (Å²) in [6.45, 7) is 4.49. The smallest absolute Gasteiger partial charge is 0.241 e. The summed E-state index contributed by atoms with van der Waals surface area (Å²) in [5.41, 5.74) is 0. The van der Waals surface area contributed by atoms with Crippen LogP contribution in [0.3, 0.4) is 0 Å². The molecule has 21 heavy (non-hydrogen) atoms. The van der Waals surface area contributed by atoms with Gasteiger partial charge in [-0.25, -0.2) is 13.1 Å². The predicted molar refractivity (Wildman–Crippen MR) is 78.1 cm³/mol. The van der Waals surface area contributed by atoms with Gasteiger partial charge >= 0.3 is 0 Å². The number of rotatable bonds is 5. The summed E-state index contributed by atoms with van der Waals surface area (Å²) in [6, 6.07) is 4.01. The maximum atomic E-state index is 12.4. The molecule has 1 heterocycles. The molecule has 118 valence electrons. The molecule has 2 N–H and O–H groups in total. The molecule has 0 radical (unpaired) electrons. The van der Waals surface area contributed by atoms with Crippen LogP contribution in [0.2, 0.25) is 0 Å². The lowest BCUT2D eigenvalue weighted by atomic mass is 10.1. The van der Waals surface area contributed by atoms with Crippen molar-refractivity contribution in [1.29, 1.82) is 0 Å². The molecule has 7 heteroatoms. The normalized spacial score (nSPS) is 16.6. The Kier molecular flexibility index (Phi) is 5.08. The van der Waals surface area contributed by atoms with Crippen LogP contribution in [0.1, 0.15) is 20.3 Å². The largest absolute Gasteiger partial charge is 0.490 e. The van der Waals surface area contributed by atoms with E-state index in [2.05, 4.69) is 4.72 Å². The van der Waals surface area contributed by atoms with Gasteiger partial charge in [-0.05, 0) is 18.1 Å². The van der Waals surface area contributed by atoms with Gasteiger partial charge in [-0.1, -0.05) is 13.8 Å². The average Bonchev–Trinajstić information content (AvgIpc) is 2.68. The third kappa shape index (κ3) is 3.87. The van der Waals surface area contributed by atoms with Gasteiger partial charge in [0.1, 0.15) is 0 Å². The van der Waals surface area contributed by atoms with E-state index in [0.29, 0.717) is 24.7 Å². The van der Waals surface area contributed by atoms with Gasteiger partial charge in [-0.2, -0.15) is 0 Å². The van der Waals surface area contributed by atoms with Crippen LogP contribution >= 0.6 is 0 Å². The van der Waals surface area contributed by atoms with Crippen LogP contribution in [0.15, 0.2) is 23.1 Å². The van der Waals surface area contributed by atoms with Crippen LogP contribution < -0.4 is 14.2 Å². The molecule has 1 aromatic rings.